The maximum atomic E-state index is 6.60. The molecule has 0 saturated heterocycles. The van der Waals surface area contributed by atoms with Crippen LogP contribution in [0.2, 0.25) is 0 Å². The van der Waals surface area contributed by atoms with Crippen LogP contribution in [0.15, 0.2) is 226 Å². The first-order chi connectivity index (χ1) is 34.2. The number of benzene rings is 11. The maximum Gasteiger partial charge on any atom is 0.164 e. The van der Waals surface area contributed by atoms with E-state index in [4.69, 9.17) is 28.2 Å². The van der Waals surface area contributed by atoms with Gasteiger partial charge in [-0.2, -0.15) is 0 Å². The molecule has 0 saturated carbocycles. The molecule has 11 aromatic carbocycles. The fraction of sp³-hybridized carbons (Fsp3) is 0. The van der Waals surface area contributed by atoms with E-state index in [0.29, 0.717) is 17.5 Å². The van der Waals surface area contributed by atoms with Crippen molar-refractivity contribution in [3.05, 3.63) is 212 Å². The Morgan fingerprint density at radius 2 is 0.652 bits per heavy atom. The molecular weight excluding hydrogens is 847 g/mol. The minimum Gasteiger partial charge on any atom is -0.456 e. The highest BCUT2D eigenvalue weighted by Crippen LogP contribution is 2.44. The Morgan fingerprint density at radius 1 is 0.217 bits per heavy atom. The summed E-state index contributed by atoms with van der Waals surface area (Å²) in [4.78, 5) is 15.4. The predicted molar refractivity (Wildman–Crippen MR) is 281 cm³/mol. The van der Waals surface area contributed by atoms with Crippen molar-refractivity contribution >= 4 is 98.1 Å². The zero-order valence-corrected chi connectivity index (χ0v) is 36.8. The van der Waals surface area contributed by atoms with Gasteiger partial charge in [-0.05, 0) is 115 Å². The Kier molecular flexibility index (Phi) is 7.97. The number of fused-ring (bicyclic) bond motifs is 15. The summed E-state index contributed by atoms with van der Waals surface area (Å²) < 4.78 is 19.5. The lowest BCUT2D eigenvalue weighted by Crippen LogP contribution is -2.00. The zero-order chi connectivity index (χ0) is 45.2. The molecule has 320 valence electrons. The molecule has 15 rings (SSSR count). The molecule has 0 aliphatic carbocycles. The zero-order valence-electron chi connectivity index (χ0n) is 36.8. The van der Waals surface area contributed by atoms with Crippen LogP contribution in [-0.2, 0) is 0 Å². The van der Waals surface area contributed by atoms with Gasteiger partial charge in [-0.3, -0.25) is 0 Å². The van der Waals surface area contributed by atoms with Crippen LogP contribution in [0.4, 0.5) is 0 Å². The fourth-order valence-corrected chi connectivity index (χ4v) is 10.7. The molecule has 4 heterocycles. The average molecular weight is 882 g/mol. The molecule has 0 bridgehead atoms. The fourth-order valence-electron chi connectivity index (χ4n) is 10.7. The Morgan fingerprint density at radius 3 is 1.36 bits per heavy atom. The van der Waals surface area contributed by atoms with Crippen molar-refractivity contribution in [3.8, 4) is 56.4 Å². The minimum atomic E-state index is 0.549. The quantitative estimate of drug-likeness (QED) is 0.160. The number of rotatable bonds is 5. The molecule has 0 amide bonds. The van der Waals surface area contributed by atoms with Gasteiger partial charge in [-0.25, -0.2) is 15.0 Å². The van der Waals surface area contributed by atoms with Crippen LogP contribution in [0.1, 0.15) is 0 Å². The van der Waals surface area contributed by atoms with Gasteiger partial charge >= 0.3 is 0 Å². The van der Waals surface area contributed by atoms with E-state index in [0.717, 1.165) is 105 Å². The number of furan rings is 3. The predicted octanol–water partition coefficient (Wildman–Crippen LogP) is 17.4. The van der Waals surface area contributed by atoms with E-state index in [9.17, 15) is 0 Å². The van der Waals surface area contributed by atoms with E-state index in [1.807, 2.05) is 66.7 Å². The number of para-hydroxylation sites is 1. The summed E-state index contributed by atoms with van der Waals surface area (Å²) >= 11 is 0. The first kappa shape index (κ1) is 37.8. The summed E-state index contributed by atoms with van der Waals surface area (Å²) in [5, 5.41) is 13.7. The standard InChI is InChI=1S/C63H35N3O3/c1-2-12-36(13-3-1)61-64-62(40-25-29-48-47-18-8-9-21-53(47)69-58(48)35-40)66-63(65-61)49-20-11-23-57-60(49)52-34-39(27-31-55(52)68-57)41-19-10-22-56-59(41)51-33-38(26-30-54(51)67-56)37-24-28-46-44-16-5-4-14-42(44)43-15-6-7-17-45(43)50(46)32-37/h1-35H. The molecule has 0 N–H and O–H groups in total. The van der Waals surface area contributed by atoms with Gasteiger partial charge in [-0.15, -0.1) is 0 Å². The molecule has 15 aromatic rings. The minimum absolute atomic E-state index is 0.549. The first-order valence-corrected chi connectivity index (χ1v) is 23.1. The van der Waals surface area contributed by atoms with Crippen LogP contribution < -0.4 is 0 Å². The summed E-state index contributed by atoms with van der Waals surface area (Å²) in [5.74, 6) is 1.68. The molecule has 0 atom stereocenters. The molecule has 6 nitrogen and oxygen atoms in total. The largest absolute Gasteiger partial charge is 0.456 e. The lowest BCUT2D eigenvalue weighted by atomic mass is 9.91. The van der Waals surface area contributed by atoms with Crippen LogP contribution in [0.3, 0.4) is 0 Å². The molecule has 4 aromatic heterocycles. The molecule has 0 fully saturated rings. The van der Waals surface area contributed by atoms with Crippen molar-refractivity contribution in [1.82, 2.24) is 15.0 Å². The Balaban J connectivity index is 0.887. The molecule has 0 aliphatic heterocycles. The second kappa shape index (κ2) is 14.6. The van der Waals surface area contributed by atoms with Gasteiger partial charge in [0.05, 0.1) is 0 Å². The summed E-state index contributed by atoms with van der Waals surface area (Å²) in [6, 6.07) is 74.1. The molecule has 69 heavy (non-hydrogen) atoms. The second-order valence-corrected chi connectivity index (χ2v) is 17.8. The van der Waals surface area contributed by atoms with Gasteiger partial charge in [0.1, 0.15) is 33.5 Å². The van der Waals surface area contributed by atoms with Crippen LogP contribution in [0, 0.1) is 0 Å². The summed E-state index contributed by atoms with van der Waals surface area (Å²) in [6.45, 7) is 0. The highest BCUT2D eigenvalue weighted by molar-refractivity contribution is 6.26. The van der Waals surface area contributed by atoms with Crippen LogP contribution in [-0.4, -0.2) is 15.0 Å². The smallest absolute Gasteiger partial charge is 0.164 e. The molecule has 0 radical (unpaired) electrons. The topological polar surface area (TPSA) is 78.1 Å². The van der Waals surface area contributed by atoms with Crippen molar-refractivity contribution in [2.75, 3.05) is 0 Å². The van der Waals surface area contributed by atoms with Crippen LogP contribution >= 0.6 is 0 Å². The first-order valence-electron chi connectivity index (χ1n) is 23.1. The van der Waals surface area contributed by atoms with Crippen LogP contribution in [0.5, 0.6) is 0 Å². The Bertz CT molecular complexity index is 4580. The number of nitrogens with zero attached hydrogens (tertiary/aromatic N) is 3. The van der Waals surface area contributed by atoms with Crippen molar-refractivity contribution in [2.24, 2.45) is 0 Å². The number of aromatic nitrogens is 3. The molecule has 6 heteroatoms. The van der Waals surface area contributed by atoms with Crippen molar-refractivity contribution in [3.63, 3.8) is 0 Å². The third-order valence-corrected chi connectivity index (χ3v) is 13.9. The van der Waals surface area contributed by atoms with Crippen LogP contribution in [0.25, 0.3) is 155 Å². The van der Waals surface area contributed by atoms with Gasteiger partial charge in [0.2, 0.25) is 0 Å². The monoisotopic (exact) mass is 881 g/mol. The van der Waals surface area contributed by atoms with Gasteiger partial charge in [0, 0.05) is 49.0 Å². The normalized spacial score (nSPS) is 12.1. The maximum absolute atomic E-state index is 6.60. The van der Waals surface area contributed by atoms with Crippen molar-refractivity contribution in [2.45, 2.75) is 0 Å². The summed E-state index contributed by atoms with van der Waals surface area (Å²) in [7, 11) is 0. The molecule has 0 spiro atoms. The number of hydrogen-bond donors (Lipinski definition) is 0. The lowest BCUT2D eigenvalue weighted by molar-refractivity contribution is 0.668. The van der Waals surface area contributed by atoms with Gasteiger partial charge in [-0.1, -0.05) is 152 Å². The van der Waals surface area contributed by atoms with Gasteiger partial charge in [0.25, 0.3) is 0 Å². The van der Waals surface area contributed by atoms with E-state index >= 15 is 0 Å². The summed E-state index contributed by atoms with van der Waals surface area (Å²) in [6.07, 6.45) is 0. The van der Waals surface area contributed by atoms with Crippen molar-refractivity contribution < 1.29 is 13.3 Å². The number of hydrogen-bond acceptors (Lipinski definition) is 6. The van der Waals surface area contributed by atoms with Crippen molar-refractivity contribution in [1.29, 1.82) is 0 Å². The Labute approximate surface area is 393 Å². The molecule has 0 unspecified atom stereocenters. The third-order valence-electron chi connectivity index (χ3n) is 13.9. The molecular formula is C63H35N3O3. The highest BCUT2D eigenvalue weighted by atomic mass is 16.3. The SMILES string of the molecule is c1ccc(-c2nc(-c3ccc4c(c3)oc3ccccc34)nc(-c3cccc4oc5ccc(-c6cccc7oc8ccc(-c9ccc%10c%11ccccc%11c%11ccccc%11c%10c9)cc8c67)cc5c34)n2)cc1. The van der Waals surface area contributed by atoms with E-state index in [2.05, 4.69) is 146 Å². The average Bonchev–Trinajstić information content (AvgIpc) is 4.11. The van der Waals surface area contributed by atoms with E-state index < -0.39 is 0 Å². The summed E-state index contributed by atoms with van der Waals surface area (Å²) in [5.41, 5.74) is 11.8. The van der Waals surface area contributed by atoms with Gasteiger partial charge in [0.15, 0.2) is 17.5 Å². The third kappa shape index (κ3) is 5.82. The van der Waals surface area contributed by atoms with E-state index in [1.54, 1.807) is 0 Å². The molecule has 0 aliphatic rings. The van der Waals surface area contributed by atoms with E-state index in [-0.39, 0.29) is 0 Å². The lowest BCUT2D eigenvalue weighted by Gasteiger charge is -2.12. The Hall–Kier alpha value is -9.39. The van der Waals surface area contributed by atoms with E-state index in [1.165, 1.54) is 32.3 Å². The highest BCUT2D eigenvalue weighted by Gasteiger charge is 2.21. The second-order valence-electron chi connectivity index (χ2n) is 17.8. The van der Waals surface area contributed by atoms with Gasteiger partial charge < -0.3 is 13.3 Å².